The van der Waals surface area contributed by atoms with Crippen LogP contribution >= 0.6 is 0 Å². The minimum Gasteiger partial charge on any atom is -0.493 e. The Balaban J connectivity index is 2.71. The van der Waals surface area contributed by atoms with E-state index in [1.54, 1.807) is 14.2 Å². The van der Waals surface area contributed by atoms with E-state index in [1.165, 1.54) is 0 Å². The van der Waals surface area contributed by atoms with Crippen LogP contribution in [0.4, 0.5) is 5.69 Å². The van der Waals surface area contributed by atoms with Gasteiger partial charge in [-0.05, 0) is 12.1 Å². The van der Waals surface area contributed by atoms with E-state index in [0.29, 0.717) is 24.5 Å². The van der Waals surface area contributed by atoms with Crippen LogP contribution in [-0.4, -0.2) is 20.8 Å². The van der Waals surface area contributed by atoms with Crippen LogP contribution in [-0.2, 0) is 0 Å². The molecule has 0 aromatic heterocycles. The minimum atomic E-state index is 0.481. The number of hydrogen-bond acceptors (Lipinski definition) is 4. The number of anilines is 1. The molecule has 80 valence electrons. The lowest BCUT2D eigenvalue weighted by Gasteiger charge is -2.10. The van der Waals surface area contributed by atoms with E-state index in [-0.39, 0.29) is 0 Å². The maximum Gasteiger partial charge on any atom is 0.162 e. The quantitative estimate of drug-likeness (QED) is 0.749. The van der Waals surface area contributed by atoms with E-state index in [2.05, 4.69) is 11.4 Å². The van der Waals surface area contributed by atoms with Gasteiger partial charge >= 0.3 is 0 Å². The molecule has 1 aromatic rings. The highest BCUT2D eigenvalue weighted by atomic mass is 16.5. The molecule has 0 amide bonds. The zero-order valence-corrected chi connectivity index (χ0v) is 8.91. The predicted molar refractivity (Wildman–Crippen MR) is 58.3 cm³/mol. The Morgan fingerprint density at radius 3 is 2.60 bits per heavy atom. The van der Waals surface area contributed by atoms with Gasteiger partial charge in [-0.15, -0.1) is 0 Å². The van der Waals surface area contributed by atoms with Crippen LogP contribution in [0.25, 0.3) is 0 Å². The van der Waals surface area contributed by atoms with E-state index in [0.717, 1.165) is 5.69 Å². The number of rotatable bonds is 5. The lowest BCUT2D eigenvalue weighted by atomic mass is 10.2. The summed E-state index contributed by atoms with van der Waals surface area (Å²) in [5, 5.41) is 11.5. The van der Waals surface area contributed by atoms with Crippen molar-refractivity contribution in [2.45, 2.75) is 6.42 Å². The van der Waals surface area contributed by atoms with Crippen molar-refractivity contribution in [2.24, 2.45) is 0 Å². The van der Waals surface area contributed by atoms with Crippen LogP contribution in [0, 0.1) is 11.3 Å². The molecule has 0 unspecified atom stereocenters. The molecular formula is C11H14N2O2. The summed E-state index contributed by atoms with van der Waals surface area (Å²) in [4.78, 5) is 0. The molecular weight excluding hydrogens is 192 g/mol. The fourth-order valence-electron chi connectivity index (χ4n) is 1.21. The summed E-state index contributed by atoms with van der Waals surface area (Å²) in [6.45, 7) is 0.631. The molecule has 1 aromatic carbocycles. The molecule has 1 N–H and O–H groups in total. The van der Waals surface area contributed by atoms with Gasteiger partial charge in [0.1, 0.15) is 0 Å². The van der Waals surface area contributed by atoms with Crippen LogP contribution < -0.4 is 14.8 Å². The number of nitrogens with one attached hydrogen (secondary N) is 1. The second-order valence-electron chi connectivity index (χ2n) is 2.90. The molecule has 1 rings (SSSR count). The van der Waals surface area contributed by atoms with Crippen molar-refractivity contribution < 1.29 is 9.47 Å². The Morgan fingerprint density at radius 2 is 2.00 bits per heavy atom. The first-order valence-corrected chi connectivity index (χ1v) is 4.64. The summed E-state index contributed by atoms with van der Waals surface area (Å²) in [6, 6.07) is 7.63. The van der Waals surface area contributed by atoms with E-state index < -0.39 is 0 Å². The van der Waals surface area contributed by atoms with Crippen molar-refractivity contribution in [1.29, 1.82) is 5.26 Å². The van der Waals surface area contributed by atoms with Gasteiger partial charge in [-0.1, -0.05) is 0 Å². The van der Waals surface area contributed by atoms with Crippen LogP contribution in [0.2, 0.25) is 0 Å². The maximum atomic E-state index is 8.39. The van der Waals surface area contributed by atoms with Crippen molar-refractivity contribution in [1.82, 2.24) is 0 Å². The number of methoxy groups -OCH3 is 2. The molecule has 0 saturated heterocycles. The highest BCUT2D eigenvalue weighted by molar-refractivity contribution is 5.54. The van der Waals surface area contributed by atoms with Crippen LogP contribution in [0.15, 0.2) is 18.2 Å². The van der Waals surface area contributed by atoms with Crippen LogP contribution in [0.5, 0.6) is 11.5 Å². The molecule has 0 radical (unpaired) electrons. The Morgan fingerprint density at radius 1 is 1.27 bits per heavy atom. The van der Waals surface area contributed by atoms with Gasteiger partial charge in [0, 0.05) is 18.3 Å². The van der Waals surface area contributed by atoms with Gasteiger partial charge in [0.25, 0.3) is 0 Å². The fraction of sp³-hybridized carbons (Fsp3) is 0.364. The zero-order chi connectivity index (χ0) is 11.1. The van der Waals surface area contributed by atoms with Gasteiger partial charge in [0.15, 0.2) is 11.5 Å². The number of hydrogen-bond donors (Lipinski definition) is 1. The van der Waals surface area contributed by atoms with Gasteiger partial charge in [-0.2, -0.15) is 5.26 Å². The largest absolute Gasteiger partial charge is 0.493 e. The monoisotopic (exact) mass is 206 g/mol. The van der Waals surface area contributed by atoms with E-state index in [1.807, 2.05) is 18.2 Å². The Kier molecular flexibility index (Phi) is 4.30. The third-order valence-corrected chi connectivity index (χ3v) is 1.95. The SMILES string of the molecule is COc1ccc(NCCC#N)cc1OC. The Bertz CT molecular complexity index is 358. The average Bonchev–Trinajstić information content (AvgIpc) is 2.29. The summed E-state index contributed by atoms with van der Waals surface area (Å²) in [5.41, 5.74) is 0.919. The molecule has 0 aliphatic rings. The van der Waals surface area contributed by atoms with E-state index in [9.17, 15) is 0 Å². The third kappa shape index (κ3) is 3.06. The highest BCUT2D eigenvalue weighted by Gasteiger charge is 2.03. The first-order valence-electron chi connectivity index (χ1n) is 4.64. The van der Waals surface area contributed by atoms with Gasteiger partial charge in [0.2, 0.25) is 0 Å². The normalized spacial score (nSPS) is 9.13. The summed E-state index contributed by atoms with van der Waals surface area (Å²) in [7, 11) is 3.19. The van der Waals surface area contributed by atoms with Gasteiger partial charge in [0.05, 0.1) is 26.7 Å². The standard InChI is InChI=1S/C11H14N2O2/c1-14-10-5-4-9(8-11(10)15-2)13-7-3-6-12/h4-5,8,13H,3,7H2,1-2H3. The highest BCUT2D eigenvalue weighted by Crippen LogP contribution is 2.29. The number of benzene rings is 1. The zero-order valence-electron chi connectivity index (χ0n) is 8.91. The van der Waals surface area contributed by atoms with Crippen molar-refractivity contribution in [3.63, 3.8) is 0 Å². The van der Waals surface area contributed by atoms with Gasteiger partial charge < -0.3 is 14.8 Å². The second kappa shape index (κ2) is 5.76. The molecule has 4 nitrogen and oxygen atoms in total. The Hall–Kier alpha value is -1.89. The molecule has 0 fully saturated rings. The minimum absolute atomic E-state index is 0.481. The van der Waals surface area contributed by atoms with E-state index >= 15 is 0 Å². The lowest BCUT2D eigenvalue weighted by molar-refractivity contribution is 0.355. The summed E-state index contributed by atoms with van der Waals surface area (Å²) >= 11 is 0. The molecule has 0 aliphatic heterocycles. The van der Waals surface area contributed by atoms with Crippen LogP contribution in [0.1, 0.15) is 6.42 Å². The molecule has 15 heavy (non-hydrogen) atoms. The summed E-state index contributed by atoms with van der Waals surface area (Å²) in [5.74, 6) is 1.38. The smallest absolute Gasteiger partial charge is 0.162 e. The Labute approximate surface area is 89.4 Å². The number of nitrogens with zero attached hydrogens (tertiary/aromatic N) is 1. The molecule has 0 heterocycles. The van der Waals surface area contributed by atoms with Crippen molar-refractivity contribution in [3.8, 4) is 17.6 Å². The number of ether oxygens (including phenoxy) is 2. The molecule has 4 heteroatoms. The topological polar surface area (TPSA) is 54.3 Å². The molecule has 0 bridgehead atoms. The fourth-order valence-corrected chi connectivity index (χ4v) is 1.21. The van der Waals surface area contributed by atoms with Crippen molar-refractivity contribution >= 4 is 5.69 Å². The average molecular weight is 206 g/mol. The molecule has 0 saturated carbocycles. The molecule has 0 atom stereocenters. The number of nitriles is 1. The summed E-state index contributed by atoms with van der Waals surface area (Å²) in [6.07, 6.45) is 0.481. The van der Waals surface area contributed by atoms with Gasteiger partial charge in [-0.3, -0.25) is 0 Å². The predicted octanol–water partition coefficient (Wildman–Crippen LogP) is 2.03. The summed E-state index contributed by atoms with van der Waals surface area (Å²) < 4.78 is 10.3. The van der Waals surface area contributed by atoms with Crippen molar-refractivity contribution in [3.05, 3.63) is 18.2 Å². The molecule has 0 spiro atoms. The van der Waals surface area contributed by atoms with Crippen molar-refractivity contribution in [2.75, 3.05) is 26.1 Å². The lowest BCUT2D eigenvalue weighted by Crippen LogP contribution is -2.00. The maximum absolute atomic E-state index is 8.39. The third-order valence-electron chi connectivity index (χ3n) is 1.95. The first kappa shape index (κ1) is 11.2. The van der Waals surface area contributed by atoms with Gasteiger partial charge in [-0.25, -0.2) is 0 Å². The van der Waals surface area contributed by atoms with Crippen LogP contribution in [0.3, 0.4) is 0 Å². The molecule has 0 aliphatic carbocycles. The first-order chi connectivity index (χ1) is 7.31. The second-order valence-corrected chi connectivity index (χ2v) is 2.90. The van der Waals surface area contributed by atoms with E-state index in [4.69, 9.17) is 14.7 Å².